The number of carbonyl (C=O) groups excluding carboxylic acids is 2. The van der Waals surface area contributed by atoms with E-state index in [2.05, 4.69) is 0 Å². The van der Waals surface area contributed by atoms with E-state index < -0.39 is 53.4 Å². The molecule has 2 saturated carbocycles. The summed E-state index contributed by atoms with van der Waals surface area (Å²) in [7, 11) is -1.56. The molecular weight excluding hydrogens is 636 g/mol. The van der Waals surface area contributed by atoms with Gasteiger partial charge in [-0.15, -0.1) is 0 Å². The number of ether oxygens (including phenoxy) is 2. The van der Waals surface area contributed by atoms with E-state index in [-0.39, 0.29) is 47.4 Å². The molecule has 46 heavy (non-hydrogen) atoms. The van der Waals surface area contributed by atoms with Gasteiger partial charge in [-0.05, 0) is 91.9 Å². The topological polar surface area (TPSA) is 72.9 Å². The van der Waals surface area contributed by atoms with Gasteiger partial charge in [0.05, 0.1) is 13.2 Å². The molecule has 6 nitrogen and oxygen atoms in total. The third kappa shape index (κ3) is 6.35. The van der Waals surface area contributed by atoms with Crippen LogP contribution in [0.1, 0.15) is 68.9 Å². The zero-order valence-corrected chi connectivity index (χ0v) is 26.7. The molecule has 1 aromatic carbocycles. The monoisotopic (exact) mass is 677 g/mol. The number of hydrogen-bond donors (Lipinski definition) is 0. The average Bonchev–Trinajstić information content (AvgIpc) is 3.66. The van der Waals surface area contributed by atoms with E-state index in [0.717, 1.165) is 11.1 Å². The Balaban J connectivity index is 1.14. The second-order valence-corrected chi connectivity index (χ2v) is 16.0. The van der Waals surface area contributed by atoms with E-state index in [9.17, 15) is 40.1 Å². The van der Waals surface area contributed by atoms with Crippen LogP contribution in [0.3, 0.4) is 0 Å². The van der Waals surface area contributed by atoms with Gasteiger partial charge in [0.15, 0.2) is 12.0 Å². The number of ketones is 1. The minimum atomic E-state index is -5.63. The smallest absolute Gasteiger partial charge is 0.410 e. The summed E-state index contributed by atoms with van der Waals surface area (Å²) >= 11 is 0. The van der Waals surface area contributed by atoms with Crippen molar-refractivity contribution >= 4 is 22.7 Å². The average molecular weight is 678 g/mol. The van der Waals surface area contributed by atoms with Crippen LogP contribution in [0.2, 0.25) is 0 Å². The quantitative estimate of drug-likeness (QED) is 0.267. The number of likely N-dealkylation sites (tertiary alicyclic amines) is 1. The summed E-state index contributed by atoms with van der Waals surface area (Å²) in [6.45, 7) is 4.36. The first-order valence-electron chi connectivity index (χ1n) is 16.3. The number of rotatable bonds is 9. The van der Waals surface area contributed by atoms with Gasteiger partial charge < -0.3 is 14.4 Å². The van der Waals surface area contributed by atoms with Crippen LogP contribution >= 0.6 is 0 Å². The fourth-order valence-corrected chi connectivity index (χ4v) is 10.2. The molecule has 9 atom stereocenters. The lowest BCUT2D eigenvalue weighted by Gasteiger charge is -2.51. The lowest BCUT2D eigenvalue weighted by molar-refractivity contribution is -0.284. The largest absolute Gasteiger partial charge is 0.453 e. The van der Waals surface area contributed by atoms with Gasteiger partial charge in [-0.2, -0.15) is 22.0 Å². The number of hydrogen-bond acceptors (Lipinski definition) is 5. The molecule has 0 N–H and O–H groups in total. The molecule has 4 fully saturated rings. The minimum absolute atomic E-state index is 0.00879. The Kier molecular flexibility index (Phi) is 9.32. The molecule has 3 aliphatic carbocycles. The highest BCUT2D eigenvalue weighted by atomic mass is 32.2. The maximum absolute atomic E-state index is 14.9. The van der Waals surface area contributed by atoms with Crippen LogP contribution in [0.25, 0.3) is 0 Å². The number of alkyl halides is 6. The highest BCUT2D eigenvalue weighted by Gasteiger charge is 2.60. The molecule has 1 amide bonds. The van der Waals surface area contributed by atoms with Crippen LogP contribution in [0.5, 0.6) is 5.75 Å². The number of halogens is 6. The molecule has 2 heterocycles. The van der Waals surface area contributed by atoms with Gasteiger partial charge in [0.1, 0.15) is 5.75 Å². The van der Waals surface area contributed by atoms with E-state index in [4.69, 9.17) is 9.47 Å². The number of benzene rings is 1. The Morgan fingerprint density at radius 2 is 1.80 bits per heavy atom. The number of fused-ring (bicyclic) bond motifs is 6. The van der Waals surface area contributed by atoms with Gasteiger partial charge in [-0.3, -0.25) is 9.00 Å². The Morgan fingerprint density at radius 3 is 2.50 bits per heavy atom. The summed E-state index contributed by atoms with van der Waals surface area (Å²) in [5.41, 5.74) is 1.38. The van der Waals surface area contributed by atoms with Crippen molar-refractivity contribution < 1.29 is 49.6 Å². The van der Waals surface area contributed by atoms with Gasteiger partial charge in [0.25, 0.3) is 0 Å². The van der Waals surface area contributed by atoms with Gasteiger partial charge in [-0.1, -0.05) is 13.0 Å². The van der Waals surface area contributed by atoms with Gasteiger partial charge in [-0.25, -0.2) is 9.18 Å². The Morgan fingerprint density at radius 1 is 1.11 bits per heavy atom. The molecule has 256 valence electrons. The number of Topliss-reactive ketones (excluding diaryl/α,β-unsaturated/α-hetero) is 1. The predicted octanol–water partition coefficient (Wildman–Crippen LogP) is 6.87. The summed E-state index contributed by atoms with van der Waals surface area (Å²) in [6.07, 6.45) is -6.35. The first-order valence-corrected chi connectivity index (χ1v) is 17.8. The molecule has 4 unspecified atom stereocenters. The molecule has 0 aromatic heterocycles. The highest BCUT2D eigenvalue weighted by Crippen LogP contribution is 2.62. The van der Waals surface area contributed by atoms with E-state index in [1.807, 2.05) is 19.1 Å². The van der Waals surface area contributed by atoms with Gasteiger partial charge in [0.2, 0.25) is 0 Å². The van der Waals surface area contributed by atoms with E-state index >= 15 is 0 Å². The lowest BCUT2D eigenvalue weighted by atomic mass is 9.52. The van der Waals surface area contributed by atoms with Crippen molar-refractivity contribution in [2.45, 2.75) is 82.5 Å². The van der Waals surface area contributed by atoms with E-state index in [1.54, 1.807) is 11.0 Å². The summed E-state index contributed by atoms with van der Waals surface area (Å²) in [5, 5.41) is 0. The fourth-order valence-electron chi connectivity index (χ4n) is 9.07. The zero-order chi connectivity index (χ0) is 33.0. The Bertz CT molecular complexity index is 1350. The first kappa shape index (κ1) is 33.7. The predicted molar refractivity (Wildman–Crippen MR) is 158 cm³/mol. The molecule has 13 heteroatoms. The van der Waals surface area contributed by atoms with Crippen LogP contribution in [-0.4, -0.2) is 77.1 Å². The molecule has 0 radical (unpaired) electrons. The third-order valence-electron chi connectivity index (χ3n) is 11.5. The van der Waals surface area contributed by atoms with E-state index in [0.29, 0.717) is 76.0 Å². The van der Waals surface area contributed by atoms with Crippen molar-refractivity contribution in [3.8, 4) is 5.75 Å². The zero-order valence-electron chi connectivity index (χ0n) is 25.8. The van der Waals surface area contributed by atoms with Crippen LogP contribution in [0.15, 0.2) is 18.2 Å². The van der Waals surface area contributed by atoms with Gasteiger partial charge >= 0.3 is 18.2 Å². The molecule has 0 spiro atoms. The maximum Gasteiger partial charge on any atom is 0.453 e. The molecule has 2 saturated heterocycles. The standard InChI is InChI=1S/C33H41F6NO5S/c1-31-9-7-25-24-6-5-23(45-30(42)40-15-21-17-44-18-22(21)16-40)13-20(24)12-19(28(25)26(31)14-27(34)29(31)41)4-2-10-46(43)11-3-8-32(35,36)33(37,38)39/h5-6,13,19,21-22,25-28H,2-4,7-12,14-18H2,1H3/t19-,21?,22?,25-,26+,27?,28-,31+,46?/m1/s1. The van der Waals surface area contributed by atoms with Crippen molar-refractivity contribution in [3.05, 3.63) is 29.3 Å². The van der Waals surface area contributed by atoms with Crippen molar-refractivity contribution in [2.75, 3.05) is 37.8 Å². The SMILES string of the molecule is C[C@]12CC[C@@H]3c4ccc(OC(=O)N5CC6COCC6C5)cc4C[C@@H](CCCS(=O)CCCC(F)(F)C(F)(F)F)[C@H]3[C@@H]1CC(F)C2=O. The summed E-state index contributed by atoms with van der Waals surface area (Å²) < 4.78 is 103. The Labute approximate surface area is 267 Å². The molecule has 0 bridgehead atoms. The summed E-state index contributed by atoms with van der Waals surface area (Å²) in [5.74, 6) is -4.21. The molecular formula is C33H41F6NO5S. The van der Waals surface area contributed by atoms with Crippen molar-refractivity contribution in [1.82, 2.24) is 4.90 Å². The van der Waals surface area contributed by atoms with Gasteiger partial charge in [0, 0.05) is 59.1 Å². The van der Waals surface area contributed by atoms with Crippen LogP contribution in [0.4, 0.5) is 31.1 Å². The molecule has 2 aliphatic heterocycles. The minimum Gasteiger partial charge on any atom is -0.410 e. The fraction of sp³-hybridized carbons (Fsp3) is 0.758. The van der Waals surface area contributed by atoms with Crippen LogP contribution in [0, 0.1) is 35.0 Å². The first-order chi connectivity index (χ1) is 21.7. The number of amides is 1. The van der Waals surface area contributed by atoms with Crippen LogP contribution < -0.4 is 4.74 Å². The van der Waals surface area contributed by atoms with Crippen LogP contribution in [-0.2, 0) is 26.8 Å². The second kappa shape index (κ2) is 12.7. The van der Waals surface area contributed by atoms with Crippen molar-refractivity contribution in [3.63, 3.8) is 0 Å². The van der Waals surface area contributed by atoms with E-state index in [1.165, 1.54) is 0 Å². The summed E-state index contributed by atoms with van der Waals surface area (Å²) in [6, 6.07) is 5.67. The molecule has 1 aromatic rings. The lowest BCUT2D eigenvalue weighted by Crippen LogP contribution is -2.46. The molecule has 5 aliphatic rings. The van der Waals surface area contributed by atoms with Crippen molar-refractivity contribution in [1.29, 1.82) is 0 Å². The summed E-state index contributed by atoms with van der Waals surface area (Å²) in [4.78, 5) is 27.6. The second-order valence-electron chi connectivity index (χ2n) is 14.3. The van der Waals surface area contributed by atoms with Crippen molar-refractivity contribution in [2.24, 2.45) is 35.0 Å². The third-order valence-corrected chi connectivity index (χ3v) is 13.0. The molecule has 6 rings (SSSR count). The Hall–Kier alpha value is -2.15. The highest BCUT2D eigenvalue weighted by molar-refractivity contribution is 7.84. The maximum atomic E-state index is 14.9. The number of nitrogens with zero attached hydrogens (tertiary/aromatic N) is 1. The normalized spacial score (nSPS) is 34.5. The number of carbonyl (C=O) groups is 2.